The summed E-state index contributed by atoms with van der Waals surface area (Å²) in [6.45, 7) is 2.35. The largest absolute Gasteiger partial charge is 0.493 e. The van der Waals surface area contributed by atoms with Crippen LogP contribution in [-0.4, -0.2) is 29.3 Å². The second kappa shape index (κ2) is 7.57. The molecule has 3 aromatic carbocycles. The van der Waals surface area contributed by atoms with Crippen LogP contribution in [0.2, 0.25) is 5.02 Å². The van der Waals surface area contributed by atoms with Crippen LogP contribution in [-0.2, 0) is 4.84 Å². The number of hydrogen-bond acceptors (Lipinski definition) is 5. The van der Waals surface area contributed by atoms with Crippen molar-refractivity contribution in [3.8, 4) is 17.0 Å². The van der Waals surface area contributed by atoms with Crippen molar-refractivity contribution in [1.29, 1.82) is 0 Å². The van der Waals surface area contributed by atoms with Gasteiger partial charge in [-0.3, -0.25) is 9.63 Å². The Kier molecular flexibility index (Phi) is 4.64. The van der Waals surface area contributed by atoms with Crippen LogP contribution in [0.15, 0.2) is 59.1 Å². The van der Waals surface area contributed by atoms with Crippen molar-refractivity contribution < 1.29 is 23.3 Å². The molecule has 0 saturated carbocycles. The van der Waals surface area contributed by atoms with E-state index in [0.29, 0.717) is 13.2 Å². The van der Waals surface area contributed by atoms with Crippen LogP contribution in [0.25, 0.3) is 22.0 Å². The van der Waals surface area contributed by atoms with Crippen molar-refractivity contribution in [2.45, 2.75) is 13.0 Å². The van der Waals surface area contributed by atoms with Crippen LogP contribution >= 0.6 is 11.6 Å². The van der Waals surface area contributed by atoms with Gasteiger partial charge < -0.3 is 9.26 Å². The van der Waals surface area contributed by atoms with Crippen molar-refractivity contribution in [3.05, 3.63) is 82.3 Å². The van der Waals surface area contributed by atoms with Crippen LogP contribution in [0.5, 0.6) is 5.75 Å². The number of hydrogen-bond donors (Lipinski definition) is 0. The number of fused-ring (bicyclic) bond motifs is 5. The lowest BCUT2D eigenvalue weighted by atomic mass is 9.88. The van der Waals surface area contributed by atoms with E-state index in [2.05, 4.69) is 5.16 Å². The van der Waals surface area contributed by atoms with Gasteiger partial charge in [0.25, 0.3) is 5.91 Å². The molecule has 0 aliphatic carbocycles. The van der Waals surface area contributed by atoms with E-state index in [1.54, 1.807) is 13.0 Å². The zero-order valence-electron chi connectivity index (χ0n) is 17.5. The van der Waals surface area contributed by atoms with E-state index in [-0.39, 0.29) is 39.6 Å². The monoisotopic (exact) mass is 464 g/mol. The predicted molar refractivity (Wildman–Crippen MR) is 119 cm³/mol. The molecule has 0 N–H and O–H groups in total. The Morgan fingerprint density at radius 3 is 2.82 bits per heavy atom. The highest BCUT2D eigenvalue weighted by Crippen LogP contribution is 2.47. The molecule has 1 amide bonds. The van der Waals surface area contributed by atoms with E-state index in [9.17, 15) is 9.18 Å². The predicted octanol–water partition coefficient (Wildman–Crippen LogP) is 5.73. The third-order valence-corrected chi connectivity index (χ3v) is 6.60. The number of ether oxygens (including phenoxy) is 1. The maximum atomic E-state index is 14.7. The molecule has 2 aliphatic rings. The molecule has 0 bridgehead atoms. The zero-order valence-corrected chi connectivity index (χ0v) is 18.3. The first-order valence-corrected chi connectivity index (χ1v) is 10.9. The molecule has 3 heterocycles. The van der Waals surface area contributed by atoms with E-state index in [0.717, 1.165) is 22.1 Å². The van der Waals surface area contributed by atoms with Crippen LogP contribution in [0.3, 0.4) is 0 Å². The summed E-state index contributed by atoms with van der Waals surface area (Å²) in [5.74, 6) is -0.124. The van der Waals surface area contributed by atoms with Gasteiger partial charge in [0.1, 0.15) is 28.6 Å². The molecule has 1 aromatic heterocycles. The van der Waals surface area contributed by atoms with Crippen LogP contribution in [0.1, 0.15) is 27.7 Å². The van der Waals surface area contributed by atoms with Crippen molar-refractivity contribution in [2.24, 2.45) is 5.92 Å². The number of amides is 1. The van der Waals surface area contributed by atoms with E-state index >= 15 is 0 Å². The van der Waals surface area contributed by atoms with Gasteiger partial charge in [-0.1, -0.05) is 53.2 Å². The molecular formula is C25H18ClFN2O4. The van der Waals surface area contributed by atoms with Gasteiger partial charge in [0, 0.05) is 11.5 Å². The summed E-state index contributed by atoms with van der Waals surface area (Å²) in [5.41, 5.74) is 1.09. The van der Waals surface area contributed by atoms with Gasteiger partial charge in [0.15, 0.2) is 0 Å². The Morgan fingerprint density at radius 1 is 1.12 bits per heavy atom. The van der Waals surface area contributed by atoms with Crippen molar-refractivity contribution in [3.63, 3.8) is 0 Å². The van der Waals surface area contributed by atoms with Crippen molar-refractivity contribution in [2.75, 3.05) is 13.2 Å². The summed E-state index contributed by atoms with van der Waals surface area (Å²) < 4.78 is 26.0. The Morgan fingerprint density at radius 2 is 1.97 bits per heavy atom. The fraction of sp³-hybridized carbons (Fsp3) is 0.200. The Bertz CT molecular complexity index is 1400. The minimum atomic E-state index is -0.590. The Labute approximate surface area is 193 Å². The number of hydroxylamine groups is 2. The first-order chi connectivity index (χ1) is 16.0. The maximum absolute atomic E-state index is 14.7. The molecule has 0 radical (unpaired) electrons. The number of carbonyl (C=O) groups is 1. The van der Waals surface area contributed by atoms with E-state index in [1.807, 2.05) is 36.4 Å². The molecule has 0 spiro atoms. The standard InChI is InChI=1S/C25H18ClFN2O4/c1-13-20(23(28-33-13)22-17(26)7-4-8-18(22)27)25(30)29-24-15(12-32-29)11-31-19-10-9-14-5-2-3-6-16(14)21(19)24/h2-10,15,24H,11-12H2,1H3/t15-,24+/m1/s1. The molecule has 8 heteroatoms. The SMILES string of the molecule is Cc1onc(-c2c(F)cccc2Cl)c1C(=O)N1OC[C@H]2COc3ccc4ccccc4c3[C@H]21. The first kappa shape index (κ1) is 20.2. The molecule has 6 nitrogen and oxygen atoms in total. The third-order valence-electron chi connectivity index (χ3n) is 6.28. The average Bonchev–Trinajstić information content (AvgIpc) is 3.42. The fourth-order valence-electron chi connectivity index (χ4n) is 4.75. The van der Waals surface area contributed by atoms with Crippen LogP contribution in [0, 0.1) is 18.7 Å². The molecule has 2 aliphatic heterocycles. The Balaban J connectivity index is 1.49. The van der Waals surface area contributed by atoms with Crippen molar-refractivity contribution in [1.82, 2.24) is 10.2 Å². The topological polar surface area (TPSA) is 64.8 Å². The van der Waals surface area contributed by atoms with Crippen LogP contribution < -0.4 is 4.74 Å². The molecule has 1 fully saturated rings. The molecule has 6 rings (SSSR count). The number of aromatic nitrogens is 1. The lowest BCUT2D eigenvalue weighted by Crippen LogP contribution is -2.35. The summed E-state index contributed by atoms with van der Waals surface area (Å²) in [6, 6.07) is 15.8. The minimum Gasteiger partial charge on any atom is -0.493 e. The number of aryl methyl sites for hydroxylation is 1. The van der Waals surface area contributed by atoms with Crippen LogP contribution in [0.4, 0.5) is 4.39 Å². The number of carbonyl (C=O) groups excluding carboxylic acids is 1. The molecular weight excluding hydrogens is 447 g/mol. The van der Waals surface area contributed by atoms with Gasteiger partial charge in [0.2, 0.25) is 0 Å². The smallest absolute Gasteiger partial charge is 0.283 e. The van der Waals surface area contributed by atoms with E-state index < -0.39 is 11.7 Å². The minimum absolute atomic E-state index is 0.0212. The summed E-state index contributed by atoms with van der Waals surface area (Å²) in [5, 5.41) is 7.50. The van der Waals surface area contributed by atoms with Gasteiger partial charge in [-0.05, 0) is 35.9 Å². The number of nitrogens with zero attached hydrogens (tertiary/aromatic N) is 2. The highest BCUT2D eigenvalue weighted by Gasteiger charge is 2.46. The van der Waals surface area contributed by atoms with E-state index in [4.69, 9.17) is 25.7 Å². The van der Waals surface area contributed by atoms with Gasteiger partial charge in [-0.25, -0.2) is 9.45 Å². The lowest BCUT2D eigenvalue weighted by Gasteiger charge is -2.32. The van der Waals surface area contributed by atoms with Gasteiger partial charge in [-0.15, -0.1) is 0 Å². The molecule has 2 atom stereocenters. The number of benzene rings is 3. The summed E-state index contributed by atoms with van der Waals surface area (Å²) in [6.07, 6.45) is 0. The number of rotatable bonds is 2. The number of halogens is 2. The summed E-state index contributed by atoms with van der Waals surface area (Å²) in [7, 11) is 0. The first-order valence-electron chi connectivity index (χ1n) is 10.6. The van der Waals surface area contributed by atoms with Gasteiger partial charge in [0.05, 0.1) is 29.8 Å². The summed E-state index contributed by atoms with van der Waals surface area (Å²) in [4.78, 5) is 19.7. The van der Waals surface area contributed by atoms with Gasteiger partial charge in [-0.2, -0.15) is 0 Å². The van der Waals surface area contributed by atoms with Crippen molar-refractivity contribution >= 4 is 28.3 Å². The average molecular weight is 465 g/mol. The quantitative estimate of drug-likeness (QED) is 0.379. The summed E-state index contributed by atoms with van der Waals surface area (Å²) >= 11 is 6.26. The zero-order chi connectivity index (χ0) is 22.7. The Hall–Kier alpha value is -3.42. The second-order valence-corrected chi connectivity index (χ2v) is 8.61. The third kappa shape index (κ3) is 3.03. The highest BCUT2D eigenvalue weighted by molar-refractivity contribution is 6.33. The molecule has 4 aromatic rings. The normalized spacial score (nSPS) is 19.3. The van der Waals surface area contributed by atoms with Gasteiger partial charge >= 0.3 is 0 Å². The highest BCUT2D eigenvalue weighted by atomic mass is 35.5. The maximum Gasteiger partial charge on any atom is 0.283 e. The molecule has 33 heavy (non-hydrogen) atoms. The molecule has 0 unspecified atom stereocenters. The second-order valence-electron chi connectivity index (χ2n) is 8.20. The lowest BCUT2D eigenvalue weighted by molar-refractivity contribution is -0.0966. The van der Waals surface area contributed by atoms with E-state index in [1.165, 1.54) is 17.2 Å². The molecule has 1 saturated heterocycles. The molecule has 166 valence electrons. The fourth-order valence-corrected chi connectivity index (χ4v) is 5.00.